The molecule has 0 aliphatic heterocycles. The molecule has 1 unspecified atom stereocenters. The zero-order valence-electron chi connectivity index (χ0n) is 16.2. The number of nitrogens with zero attached hydrogens (tertiary/aromatic N) is 2. The minimum absolute atomic E-state index is 0.106. The summed E-state index contributed by atoms with van der Waals surface area (Å²) >= 11 is 0. The molecule has 0 aromatic heterocycles. The van der Waals surface area contributed by atoms with E-state index in [2.05, 4.69) is 5.32 Å². The lowest BCUT2D eigenvalue weighted by molar-refractivity contribution is -0.384. The number of hydrogen-bond donors (Lipinski definition) is 1. The Labute approximate surface area is 164 Å². The fraction of sp³-hybridized carbons (Fsp3) is 0.316. The van der Waals surface area contributed by atoms with Crippen LogP contribution in [0.15, 0.2) is 42.5 Å². The quantitative estimate of drug-likeness (QED) is 0.563. The van der Waals surface area contributed by atoms with Gasteiger partial charge in [0.05, 0.1) is 16.9 Å². The molecule has 0 radical (unpaired) electrons. The molecule has 8 nitrogen and oxygen atoms in total. The van der Waals surface area contributed by atoms with Gasteiger partial charge in [-0.05, 0) is 31.9 Å². The van der Waals surface area contributed by atoms with Crippen LogP contribution < -0.4 is 9.62 Å². The lowest BCUT2D eigenvalue weighted by Crippen LogP contribution is -2.48. The Kier molecular flexibility index (Phi) is 6.40. The van der Waals surface area contributed by atoms with Gasteiger partial charge in [-0.3, -0.25) is 19.2 Å². The average molecular weight is 405 g/mol. The van der Waals surface area contributed by atoms with Gasteiger partial charge in [-0.1, -0.05) is 35.9 Å². The van der Waals surface area contributed by atoms with Crippen LogP contribution in [0.3, 0.4) is 0 Å². The number of sulfonamides is 1. The maximum Gasteiger partial charge on any atom is 0.271 e. The summed E-state index contributed by atoms with van der Waals surface area (Å²) in [4.78, 5) is 23.1. The number of aryl methyl sites for hydroxylation is 2. The highest BCUT2D eigenvalue weighted by Crippen LogP contribution is 2.29. The van der Waals surface area contributed by atoms with Crippen LogP contribution in [0.1, 0.15) is 23.6 Å². The summed E-state index contributed by atoms with van der Waals surface area (Å²) in [6, 6.07) is 10.4. The van der Waals surface area contributed by atoms with Crippen molar-refractivity contribution in [3.8, 4) is 0 Å². The van der Waals surface area contributed by atoms with Crippen LogP contribution in [0.5, 0.6) is 0 Å². The molecule has 2 aromatic rings. The van der Waals surface area contributed by atoms with Gasteiger partial charge in [0.15, 0.2) is 0 Å². The predicted octanol–water partition coefficient (Wildman–Crippen LogP) is 2.68. The first kappa shape index (κ1) is 21.4. The highest BCUT2D eigenvalue weighted by atomic mass is 32.2. The van der Waals surface area contributed by atoms with Crippen LogP contribution in [0.25, 0.3) is 0 Å². The third-order valence-electron chi connectivity index (χ3n) is 4.28. The molecule has 28 heavy (non-hydrogen) atoms. The maximum absolute atomic E-state index is 12.6. The Morgan fingerprint density at radius 2 is 1.89 bits per heavy atom. The third-order valence-corrected chi connectivity index (χ3v) is 5.51. The molecule has 0 bridgehead atoms. The van der Waals surface area contributed by atoms with Gasteiger partial charge in [0.1, 0.15) is 6.04 Å². The Hall–Kier alpha value is -2.94. The number of rotatable bonds is 7. The first-order valence-electron chi connectivity index (χ1n) is 8.58. The van der Waals surface area contributed by atoms with Crippen molar-refractivity contribution in [1.29, 1.82) is 0 Å². The first-order valence-corrected chi connectivity index (χ1v) is 10.4. The number of nitrogens with one attached hydrogen (secondary N) is 1. The lowest BCUT2D eigenvalue weighted by atomic mass is 10.1. The molecule has 0 heterocycles. The number of benzene rings is 2. The Morgan fingerprint density at radius 3 is 2.46 bits per heavy atom. The maximum atomic E-state index is 12.6. The molecule has 0 aliphatic carbocycles. The fourth-order valence-corrected chi connectivity index (χ4v) is 4.11. The summed E-state index contributed by atoms with van der Waals surface area (Å²) in [6.07, 6.45) is 0.968. The molecule has 0 aliphatic rings. The molecule has 0 saturated carbocycles. The zero-order valence-corrected chi connectivity index (χ0v) is 17.0. The van der Waals surface area contributed by atoms with E-state index in [-0.39, 0.29) is 17.9 Å². The van der Waals surface area contributed by atoms with Crippen molar-refractivity contribution in [2.75, 3.05) is 10.6 Å². The Balaban J connectivity index is 2.31. The smallest absolute Gasteiger partial charge is 0.271 e. The van der Waals surface area contributed by atoms with Crippen molar-refractivity contribution >= 4 is 27.3 Å². The van der Waals surface area contributed by atoms with Gasteiger partial charge in [-0.25, -0.2) is 8.42 Å². The van der Waals surface area contributed by atoms with Crippen LogP contribution in [0.4, 0.5) is 11.4 Å². The Bertz CT molecular complexity index is 1000. The summed E-state index contributed by atoms with van der Waals surface area (Å²) in [5, 5.41) is 13.8. The molecule has 1 N–H and O–H groups in total. The average Bonchev–Trinajstić information content (AvgIpc) is 2.60. The monoisotopic (exact) mass is 405 g/mol. The van der Waals surface area contributed by atoms with Crippen LogP contribution in [-0.4, -0.2) is 31.5 Å². The molecule has 2 rings (SSSR count). The van der Waals surface area contributed by atoms with E-state index in [1.54, 1.807) is 6.92 Å². The second-order valence-corrected chi connectivity index (χ2v) is 8.53. The minimum atomic E-state index is -3.87. The van der Waals surface area contributed by atoms with Gasteiger partial charge in [0, 0.05) is 18.7 Å². The molecule has 0 spiro atoms. The second-order valence-electron chi connectivity index (χ2n) is 6.67. The molecule has 0 fully saturated rings. The number of anilines is 1. The van der Waals surface area contributed by atoms with Crippen LogP contribution in [0.2, 0.25) is 0 Å². The molecule has 0 saturated heterocycles. The Morgan fingerprint density at radius 1 is 1.21 bits per heavy atom. The summed E-state index contributed by atoms with van der Waals surface area (Å²) in [6.45, 7) is 5.26. The van der Waals surface area contributed by atoms with E-state index >= 15 is 0 Å². The summed E-state index contributed by atoms with van der Waals surface area (Å²) in [5.41, 5.74) is 2.30. The van der Waals surface area contributed by atoms with Gasteiger partial charge in [0.2, 0.25) is 15.9 Å². The first-order chi connectivity index (χ1) is 13.0. The van der Waals surface area contributed by atoms with E-state index in [4.69, 9.17) is 0 Å². The summed E-state index contributed by atoms with van der Waals surface area (Å²) in [5.74, 6) is -0.502. The number of amides is 1. The van der Waals surface area contributed by atoms with Gasteiger partial charge >= 0.3 is 0 Å². The topological polar surface area (TPSA) is 110 Å². The minimum Gasteiger partial charge on any atom is -0.350 e. The largest absolute Gasteiger partial charge is 0.350 e. The van der Waals surface area contributed by atoms with E-state index in [1.165, 1.54) is 25.1 Å². The lowest BCUT2D eigenvalue weighted by Gasteiger charge is -2.29. The zero-order chi connectivity index (χ0) is 21.1. The molecule has 150 valence electrons. The van der Waals surface area contributed by atoms with E-state index < -0.39 is 26.9 Å². The van der Waals surface area contributed by atoms with Gasteiger partial charge in [-0.2, -0.15) is 0 Å². The molecular formula is C19H23N3O5S. The standard InChI is InChI=1S/C19H23N3O5S/c1-13-6-5-7-16(10-13)12-20-19(23)15(3)21(28(4,26)27)18-11-17(22(24)25)9-8-14(18)2/h5-11,15H,12H2,1-4H3,(H,20,23). The number of carbonyl (C=O) groups excluding carboxylic acids is 1. The summed E-state index contributed by atoms with van der Waals surface area (Å²) < 4.78 is 25.7. The van der Waals surface area contributed by atoms with Crippen LogP contribution >= 0.6 is 0 Å². The van der Waals surface area contributed by atoms with Gasteiger partial charge in [0.25, 0.3) is 5.69 Å². The van der Waals surface area contributed by atoms with E-state index in [9.17, 15) is 23.3 Å². The number of nitro groups is 1. The normalized spacial score (nSPS) is 12.3. The number of hydrogen-bond acceptors (Lipinski definition) is 5. The molecule has 1 atom stereocenters. The van der Waals surface area contributed by atoms with Crippen molar-refractivity contribution in [1.82, 2.24) is 5.32 Å². The van der Waals surface area contributed by atoms with Crippen LogP contribution in [0, 0.1) is 24.0 Å². The van der Waals surface area contributed by atoms with Crippen LogP contribution in [-0.2, 0) is 21.4 Å². The van der Waals surface area contributed by atoms with Crippen molar-refractivity contribution in [3.05, 3.63) is 69.3 Å². The van der Waals surface area contributed by atoms with Gasteiger partial charge in [-0.15, -0.1) is 0 Å². The predicted molar refractivity (Wildman–Crippen MR) is 108 cm³/mol. The SMILES string of the molecule is Cc1cccc(CNC(=O)C(C)N(c2cc([N+](=O)[O-])ccc2C)S(C)(=O)=O)c1. The van der Waals surface area contributed by atoms with Crippen molar-refractivity contribution < 1.29 is 18.1 Å². The number of non-ortho nitro benzene ring substituents is 1. The highest BCUT2D eigenvalue weighted by Gasteiger charge is 2.31. The van der Waals surface area contributed by atoms with E-state index in [0.29, 0.717) is 5.56 Å². The molecule has 1 amide bonds. The molecular weight excluding hydrogens is 382 g/mol. The molecule has 2 aromatic carbocycles. The van der Waals surface area contributed by atoms with Crippen molar-refractivity contribution in [3.63, 3.8) is 0 Å². The fourth-order valence-electron chi connectivity index (χ4n) is 2.89. The van der Waals surface area contributed by atoms with Gasteiger partial charge < -0.3 is 5.32 Å². The number of nitro benzene ring substituents is 1. The van der Waals surface area contributed by atoms with Crippen molar-refractivity contribution in [2.45, 2.75) is 33.4 Å². The van der Waals surface area contributed by atoms with E-state index in [0.717, 1.165) is 21.7 Å². The van der Waals surface area contributed by atoms with Crippen molar-refractivity contribution in [2.24, 2.45) is 0 Å². The highest BCUT2D eigenvalue weighted by molar-refractivity contribution is 7.92. The second kappa shape index (κ2) is 8.39. The molecule has 9 heteroatoms. The number of carbonyl (C=O) groups is 1. The summed E-state index contributed by atoms with van der Waals surface area (Å²) in [7, 11) is -3.87. The van der Waals surface area contributed by atoms with E-state index in [1.807, 2.05) is 31.2 Å². The third kappa shape index (κ3) is 5.07.